The summed E-state index contributed by atoms with van der Waals surface area (Å²) in [6, 6.07) is 0.947. The van der Waals surface area contributed by atoms with Crippen LogP contribution in [-0.4, -0.2) is 70.6 Å². The van der Waals surface area contributed by atoms with Crippen LogP contribution in [0.25, 0.3) is 0 Å². The number of benzene rings is 1. The van der Waals surface area contributed by atoms with E-state index in [9.17, 15) is 19.0 Å². The molecule has 1 aromatic carbocycles. The highest BCUT2D eigenvalue weighted by atomic mass is 31.2. The van der Waals surface area contributed by atoms with E-state index >= 15 is 0 Å². The minimum absolute atomic E-state index is 0.154. The molecule has 1 aromatic rings. The third-order valence-electron chi connectivity index (χ3n) is 6.30. The summed E-state index contributed by atoms with van der Waals surface area (Å²) in [6.45, 7) is 15.3. The molecule has 2 atom stereocenters. The number of hydrogen-bond acceptors (Lipinski definition) is 9. The predicted octanol–water partition coefficient (Wildman–Crippen LogP) is 4.62. The average molecular weight is 586 g/mol. The van der Waals surface area contributed by atoms with Crippen LogP contribution in [0.4, 0.5) is 0 Å². The lowest BCUT2D eigenvalue weighted by atomic mass is 9.95. The number of rotatable bonds is 16. The lowest BCUT2D eigenvalue weighted by molar-refractivity contribution is -0.150. The van der Waals surface area contributed by atoms with E-state index in [1.54, 1.807) is 14.0 Å². The number of fused-ring (bicyclic) bond motifs is 1. The molecule has 0 aromatic heterocycles. The summed E-state index contributed by atoms with van der Waals surface area (Å²) in [7, 11) is -3.71. The van der Waals surface area contributed by atoms with Crippen molar-refractivity contribution in [3.63, 3.8) is 0 Å². The molecule has 0 spiro atoms. The van der Waals surface area contributed by atoms with E-state index in [-0.39, 0.29) is 31.9 Å². The van der Waals surface area contributed by atoms with Crippen LogP contribution < -0.4 is 14.8 Å². The minimum Gasteiger partial charge on any atom is -0.496 e. The Morgan fingerprint density at radius 2 is 1.97 bits per heavy atom. The molecule has 2 N–H and O–H groups in total. The largest absolute Gasteiger partial charge is 0.496 e. The fourth-order valence-corrected chi connectivity index (χ4v) is 5.93. The molecule has 10 nitrogen and oxygen atoms in total. The molecule has 220 valence electrons. The highest BCUT2D eigenvalue weighted by Crippen LogP contribution is 2.44. The van der Waals surface area contributed by atoms with E-state index in [1.165, 1.54) is 6.92 Å². The first-order chi connectivity index (χ1) is 18.2. The van der Waals surface area contributed by atoms with E-state index in [1.807, 2.05) is 19.9 Å². The zero-order valence-corrected chi connectivity index (χ0v) is 26.4. The highest BCUT2D eigenvalue weighted by molar-refractivity contribution is 7.52. The quantitative estimate of drug-likeness (QED) is 0.0932. The van der Waals surface area contributed by atoms with Gasteiger partial charge in [-0.05, 0) is 45.7 Å². The lowest BCUT2D eigenvalue weighted by Gasteiger charge is -2.21. The Hall–Kier alpha value is -2.17. The second-order valence-electron chi connectivity index (χ2n) is 10.8. The maximum Gasteiger partial charge on any atom is 0.342 e. The van der Waals surface area contributed by atoms with Crippen molar-refractivity contribution in [1.82, 2.24) is 5.32 Å². The summed E-state index contributed by atoms with van der Waals surface area (Å²) in [4.78, 5) is 34.4. The molecule has 2 unspecified atom stereocenters. The second kappa shape index (κ2) is 14.5. The number of cyclic esters (lactones) is 1. The van der Waals surface area contributed by atoms with Crippen molar-refractivity contribution in [2.24, 2.45) is 0 Å². The van der Waals surface area contributed by atoms with Crippen molar-refractivity contribution in [3.8, 4) is 11.5 Å². The van der Waals surface area contributed by atoms with Gasteiger partial charge in [0.05, 0.1) is 26.5 Å². The zero-order chi connectivity index (χ0) is 29.4. The van der Waals surface area contributed by atoms with Crippen LogP contribution in [-0.2, 0) is 36.4 Å². The third kappa shape index (κ3) is 9.75. The van der Waals surface area contributed by atoms with Gasteiger partial charge < -0.3 is 29.2 Å². The van der Waals surface area contributed by atoms with Crippen LogP contribution in [0.1, 0.15) is 47.8 Å². The molecule has 0 fully saturated rings. The van der Waals surface area contributed by atoms with E-state index in [0.717, 1.165) is 28.3 Å². The summed E-state index contributed by atoms with van der Waals surface area (Å²) in [5.74, 6) is 0.156. The van der Waals surface area contributed by atoms with Crippen molar-refractivity contribution in [3.05, 3.63) is 33.9 Å². The molecule has 0 bridgehead atoms. The maximum absolute atomic E-state index is 12.6. The monoisotopic (exact) mass is 585 g/mol. The topological polar surface area (TPSA) is 130 Å². The summed E-state index contributed by atoms with van der Waals surface area (Å²) in [5, 5.41) is 3.13. The van der Waals surface area contributed by atoms with Crippen molar-refractivity contribution in [1.29, 1.82) is 0 Å². The van der Waals surface area contributed by atoms with Crippen LogP contribution in [0.5, 0.6) is 11.5 Å². The zero-order valence-electron chi connectivity index (χ0n) is 24.5. The number of ether oxygens (including phenoxy) is 4. The predicted molar refractivity (Wildman–Crippen MR) is 153 cm³/mol. The normalized spacial score (nSPS) is 15.8. The van der Waals surface area contributed by atoms with Gasteiger partial charge in [0.25, 0.3) is 0 Å². The average Bonchev–Trinajstić information content (AvgIpc) is 3.23. The van der Waals surface area contributed by atoms with Gasteiger partial charge in [-0.2, -0.15) is 0 Å². The van der Waals surface area contributed by atoms with Gasteiger partial charge in [-0.15, -0.1) is 0 Å². The Morgan fingerprint density at radius 3 is 2.59 bits per heavy atom. The number of carbonyl (C=O) groups excluding carboxylic acids is 2. The molecule has 0 saturated carbocycles. The third-order valence-corrected chi connectivity index (χ3v) is 9.43. The molecular weight excluding hydrogens is 541 g/mol. The van der Waals surface area contributed by atoms with Gasteiger partial charge >= 0.3 is 19.5 Å². The van der Waals surface area contributed by atoms with Gasteiger partial charge in [0, 0.05) is 32.3 Å². The Labute approximate surface area is 232 Å². The Balaban J connectivity index is 2.10. The van der Waals surface area contributed by atoms with Crippen molar-refractivity contribution >= 4 is 27.6 Å². The van der Waals surface area contributed by atoms with E-state index in [2.05, 4.69) is 25.0 Å². The smallest absolute Gasteiger partial charge is 0.342 e. The molecule has 2 rings (SSSR count). The van der Waals surface area contributed by atoms with E-state index in [0.29, 0.717) is 36.6 Å². The molecular formula is C27H44NO9PSi. The van der Waals surface area contributed by atoms with Gasteiger partial charge in [-0.25, -0.2) is 9.59 Å². The first-order valence-electron chi connectivity index (χ1n) is 13.3. The molecule has 39 heavy (non-hydrogen) atoms. The van der Waals surface area contributed by atoms with Crippen LogP contribution in [0.15, 0.2) is 11.6 Å². The second-order valence-corrected chi connectivity index (χ2v) is 18.4. The summed E-state index contributed by atoms with van der Waals surface area (Å²) in [5.41, 5.74) is 3.94. The molecule has 0 radical (unpaired) electrons. The Bertz CT molecular complexity index is 1110. The molecule has 0 saturated heterocycles. The summed E-state index contributed by atoms with van der Waals surface area (Å²) < 4.78 is 39.5. The standard InChI is InChI=1S/C27H44NO9PSi/c1-9-34-26(29)20(4)37-38(31,32)14-12-28-16-18(2)10-11-21-24(33-5)19(3)22-17-36-27(30)23(22)25(21)35-13-15-39(6,7)8/h10,20,28H,9,11-17H2,1-8H3,(H,31,32). The van der Waals surface area contributed by atoms with E-state index in [4.69, 9.17) is 23.5 Å². The van der Waals surface area contributed by atoms with Gasteiger partial charge in [0.15, 0.2) is 6.10 Å². The fraction of sp³-hybridized carbons (Fsp3) is 0.630. The Kier molecular flexibility index (Phi) is 12.2. The Morgan fingerprint density at radius 1 is 1.28 bits per heavy atom. The first-order valence-corrected chi connectivity index (χ1v) is 18.7. The number of methoxy groups -OCH3 is 1. The van der Waals surface area contributed by atoms with Crippen LogP contribution >= 0.6 is 7.60 Å². The minimum atomic E-state index is -3.97. The van der Waals surface area contributed by atoms with Crippen LogP contribution in [0.2, 0.25) is 25.7 Å². The van der Waals surface area contributed by atoms with Crippen molar-refractivity contribution < 1.29 is 42.5 Å². The number of allylic oxidation sites excluding steroid dienone is 1. The lowest BCUT2D eigenvalue weighted by Crippen LogP contribution is -2.25. The summed E-state index contributed by atoms with van der Waals surface area (Å²) in [6.07, 6.45) is 1.21. The SMILES string of the molecule is CCOC(=O)C(C)OP(=O)(O)CCNCC(C)=CCc1c(OC)c(C)c2c(c1OCC[Si](C)(C)C)C(=O)OC2. The highest BCUT2D eigenvalue weighted by Gasteiger charge is 2.33. The van der Waals surface area contributed by atoms with Gasteiger partial charge in [0.2, 0.25) is 0 Å². The van der Waals surface area contributed by atoms with Gasteiger partial charge in [0.1, 0.15) is 23.7 Å². The van der Waals surface area contributed by atoms with Crippen LogP contribution in [0, 0.1) is 6.92 Å². The molecule has 0 aliphatic carbocycles. The fourth-order valence-electron chi connectivity index (χ4n) is 4.09. The molecule has 0 amide bonds. The van der Waals surface area contributed by atoms with Crippen molar-refractivity contribution in [2.45, 2.75) is 72.5 Å². The first kappa shape index (κ1) is 33.0. The number of nitrogens with one attached hydrogen (secondary N) is 1. The van der Waals surface area contributed by atoms with E-state index < -0.39 is 27.7 Å². The molecule has 12 heteroatoms. The molecule has 1 aliphatic rings. The number of esters is 2. The van der Waals surface area contributed by atoms with Gasteiger partial charge in [-0.1, -0.05) is 31.3 Å². The number of carbonyl (C=O) groups is 2. The molecule has 1 aliphatic heterocycles. The van der Waals surface area contributed by atoms with Gasteiger partial charge in [-0.3, -0.25) is 9.09 Å². The number of hydrogen-bond donors (Lipinski definition) is 2. The van der Waals surface area contributed by atoms with Crippen LogP contribution in [0.3, 0.4) is 0 Å². The maximum atomic E-state index is 12.6. The van der Waals surface area contributed by atoms with Crippen molar-refractivity contribution in [2.75, 3.05) is 39.6 Å². The summed E-state index contributed by atoms with van der Waals surface area (Å²) >= 11 is 0. The molecule has 1 heterocycles.